The van der Waals surface area contributed by atoms with Crippen LogP contribution in [0.25, 0.3) is 0 Å². The maximum absolute atomic E-state index is 11.7. The van der Waals surface area contributed by atoms with Gasteiger partial charge in [0.25, 0.3) is 0 Å². The van der Waals surface area contributed by atoms with Crippen molar-refractivity contribution >= 4 is 12.0 Å². The fourth-order valence-corrected chi connectivity index (χ4v) is 2.07. The highest BCUT2D eigenvalue weighted by Crippen LogP contribution is 2.45. The number of carbonyl (C=O) groups is 2. The van der Waals surface area contributed by atoms with Crippen LogP contribution in [0, 0.1) is 5.41 Å². The van der Waals surface area contributed by atoms with E-state index in [-0.39, 0.29) is 18.5 Å². The predicted octanol–water partition coefficient (Wildman–Crippen LogP) is 1.95. The van der Waals surface area contributed by atoms with Gasteiger partial charge in [-0.3, -0.25) is 4.79 Å². The van der Waals surface area contributed by atoms with Crippen LogP contribution < -0.4 is 10.6 Å². The van der Waals surface area contributed by atoms with Crippen molar-refractivity contribution in [3.63, 3.8) is 0 Å². The van der Waals surface area contributed by atoms with Crippen LogP contribution in [0.2, 0.25) is 0 Å². The first kappa shape index (κ1) is 14.4. The molecule has 1 saturated carbocycles. The lowest BCUT2D eigenvalue weighted by atomic mass is 10.0. The lowest BCUT2D eigenvalue weighted by Gasteiger charge is -2.15. The SMILES string of the molecule is CC(CNC(=O)NCC1(C(=O)O)CC1)c1ccccc1. The Hall–Kier alpha value is -2.04. The number of carboxylic acids is 1. The Kier molecular flexibility index (Phi) is 4.27. The summed E-state index contributed by atoms with van der Waals surface area (Å²) in [5.74, 6) is -0.605. The molecule has 0 radical (unpaired) electrons. The van der Waals surface area contributed by atoms with E-state index in [1.54, 1.807) is 0 Å². The first-order chi connectivity index (χ1) is 9.53. The van der Waals surface area contributed by atoms with Gasteiger partial charge in [0.2, 0.25) is 0 Å². The van der Waals surface area contributed by atoms with E-state index in [1.807, 2.05) is 37.3 Å². The highest BCUT2D eigenvalue weighted by molar-refractivity contribution is 5.80. The van der Waals surface area contributed by atoms with E-state index in [1.165, 1.54) is 0 Å². The standard InChI is InChI=1S/C15H20N2O3/c1-11(12-5-3-2-4-6-12)9-16-14(20)17-10-15(7-8-15)13(18)19/h2-6,11H,7-10H2,1H3,(H,18,19)(H2,16,17,20). The van der Waals surface area contributed by atoms with Gasteiger partial charge >= 0.3 is 12.0 Å². The fourth-order valence-electron chi connectivity index (χ4n) is 2.07. The number of rotatable bonds is 6. The number of hydrogen-bond donors (Lipinski definition) is 3. The first-order valence-corrected chi connectivity index (χ1v) is 6.83. The average Bonchev–Trinajstić information content (AvgIpc) is 3.25. The summed E-state index contributed by atoms with van der Waals surface area (Å²) in [6.07, 6.45) is 1.28. The molecule has 5 nitrogen and oxygen atoms in total. The van der Waals surface area contributed by atoms with Gasteiger partial charge in [-0.2, -0.15) is 0 Å². The molecule has 0 aromatic heterocycles. The second kappa shape index (κ2) is 5.94. The van der Waals surface area contributed by atoms with Gasteiger partial charge in [-0.25, -0.2) is 4.79 Å². The van der Waals surface area contributed by atoms with Crippen molar-refractivity contribution in [2.24, 2.45) is 5.41 Å². The minimum Gasteiger partial charge on any atom is -0.481 e. The summed E-state index contributed by atoms with van der Waals surface area (Å²) < 4.78 is 0. The van der Waals surface area contributed by atoms with Crippen LogP contribution in [0.4, 0.5) is 4.79 Å². The van der Waals surface area contributed by atoms with Gasteiger partial charge in [0.15, 0.2) is 0 Å². The van der Waals surface area contributed by atoms with Gasteiger partial charge in [0.1, 0.15) is 0 Å². The van der Waals surface area contributed by atoms with Crippen LogP contribution in [-0.4, -0.2) is 30.2 Å². The number of benzene rings is 1. The third kappa shape index (κ3) is 3.50. The minimum atomic E-state index is -0.824. The molecule has 1 aromatic carbocycles. The van der Waals surface area contributed by atoms with E-state index in [4.69, 9.17) is 5.11 Å². The normalized spacial score (nSPS) is 17.1. The van der Waals surface area contributed by atoms with Crippen molar-refractivity contribution in [1.29, 1.82) is 0 Å². The molecule has 1 fully saturated rings. The largest absolute Gasteiger partial charge is 0.481 e. The van der Waals surface area contributed by atoms with Gasteiger partial charge in [-0.1, -0.05) is 37.3 Å². The zero-order chi connectivity index (χ0) is 14.6. The molecule has 0 spiro atoms. The topological polar surface area (TPSA) is 78.4 Å². The Bertz CT molecular complexity index is 483. The van der Waals surface area contributed by atoms with Crippen LogP contribution in [0.15, 0.2) is 30.3 Å². The summed E-state index contributed by atoms with van der Waals surface area (Å²) in [5, 5.41) is 14.4. The quantitative estimate of drug-likeness (QED) is 0.743. The summed E-state index contributed by atoms with van der Waals surface area (Å²) in [4.78, 5) is 22.6. The van der Waals surface area contributed by atoms with Crippen LogP contribution >= 0.6 is 0 Å². The van der Waals surface area contributed by atoms with Crippen LogP contribution in [0.1, 0.15) is 31.2 Å². The number of hydrogen-bond acceptors (Lipinski definition) is 2. The molecule has 20 heavy (non-hydrogen) atoms. The van der Waals surface area contributed by atoms with Gasteiger partial charge in [-0.15, -0.1) is 0 Å². The van der Waals surface area contributed by atoms with Gasteiger partial charge in [0.05, 0.1) is 5.41 Å². The highest BCUT2D eigenvalue weighted by Gasteiger charge is 2.50. The van der Waals surface area contributed by atoms with E-state index < -0.39 is 11.4 Å². The van der Waals surface area contributed by atoms with Gasteiger partial charge in [-0.05, 0) is 24.3 Å². The smallest absolute Gasteiger partial charge is 0.314 e. The molecule has 108 valence electrons. The number of aliphatic carboxylic acids is 1. The highest BCUT2D eigenvalue weighted by atomic mass is 16.4. The molecule has 5 heteroatoms. The maximum Gasteiger partial charge on any atom is 0.314 e. The molecule has 0 saturated heterocycles. The summed E-state index contributed by atoms with van der Waals surface area (Å²) in [6.45, 7) is 2.76. The molecule has 1 aliphatic rings. The number of nitrogens with one attached hydrogen (secondary N) is 2. The predicted molar refractivity (Wildman–Crippen MR) is 75.6 cm³/mol. The first-order valence-electron chi connectivity index (χ1n) is 6.83. The summed E-state index contributed by atoms with van der Waals surface area (Å²) in [5.41, 5.74) is 0.444. The van der Waals surface area contributed by atoms with E-state index in [2.05, 4.69) is 10.6 Å². The van der Waals surface area contributed by atoms with Crippen LogP contribution in [0.5, 0.6) is 0 Å². The molecular weight excluding hydrogens is 256 g/mol. The van der Waals surface area contributed by atoms with Crippen molar-refractivity contribution in [2.45, 2.75) is 25.7 Å². The molecule has 3 N–H and O–H groups in total. The van der Waals surface area contributed by atoms with Crippen molar-refractivity contribution < 1.29 is 14.7 Å². The molecule has 2 amide bonds. The van der Waals surface area contributed by atoms with Crippen LogP contribution in [0.3, 0.4) is 0 Å². The Morgan fingerprint density at radius 3 is 2.45 bits per heavy atom. The van der Waals surface area contributed by atoms with E-state index in [0.29, 0.717) is 19.4 Å². The third-order valence-corrected chi connectivity index (χ3v) is 3.83. The number of amides is 2. The molecule has 0 bridgehead atoms. The van der Waals surface area contributed by atoms with Gasteiger partial charge < -0.3 is 15.7 Å². The summed E-state index contributed by atoms with van der Waals surface area (Å²) >= 11 is 0. The Morgan fingerprint density at radius 1 is 1.25 bits per heavy atom. The van der Waals surface area contributed by atoms with Crippen molar-refractivity contribution in [3.05, 3.63) is 35.9 Å². The van der Waals surface area contributed by atoms with Crippen molar-refractivity contribution in [2.75, 3.05) is 13.1 Å². The zero-order valence-electron chi connectivity index (χ0n) is 11.6. The zero-order valence-corrected chi connectivity index (χ0v) is 11.6. The molecule has 0 aliphatic heterocycles. The van der Waals surface area contributed by atoms with Crippen molar-refractivity contribution in [3.8, 4) is 0 Å². The second-order valence-electron chi connectivity index (χ2n) is 5.46. The van der Waals surface area contributed by atoms with E-state index in [0.717, 1.165) is 5.56 Å². The Labute approximate surface area is 118 Å². The molecule has 1 unspecified atom stereocenters. The fraction of sp³-hybridized carbons (Fsp3) is 0.467. The number of carboxylic acid groups (broad SMARTS) is 1. The van der Waals surface area contributed by atoms with Gasteiger partial charge in [0, 0.05) is 13.1 Å². The second-order valence-corrected chi connectivity index (χ2v) is 5.46. The van der Waals surface area contributed by atoms with Crippen LogP contribution in [-0.2, 0) is 4.79 Å². The molecule has 1 aromatic rings. The number of urea groups is 1. The van der Waals surface area contributed by atoms with E-state index >= 15 is 0 Å². The molecule has 0 heterocycles. The monoisotopic (exact) mass is 276 g/mol. The van der Waals surface area contributed by atoms with E-state index in [9.17, 15) is 9.59 Å². The number of carbonyl (C=O) groups excluding carboxylic acids is 1. The molecule has 1 atom stereocenters. The van der Waals surface area contributed by atoms with Crippen molar-refractivity contribution in [1.82, 2.24) is 10.6 Å². The third-order valence-electron chi connectivity index (χ3n) is 3.83. The average molecular weight is 276 g/mol. The Balaban J connectivity index is 1.72. The Morgan fingerprint density at radius 2 is 1.90 bits per heavy atom. The molecular formula is C15H20N2O3. The lowest BCUT2D eigenvalue weighted by Crippen LogP contribution is -2.41. The summed E-state index contributed by atoms with van der Waals surface area (Å²) in [7, 11) is 0. The molecule has 1 aliphatic carbocycles. The lowest BCUT2D eigenvalue weighted by molar-refractivity contribution is -0.143. The summed E-state index contributed by atoms with van der Waals surface area (Å²) in [6, 6.07) is 9.63. The molecule has 2 rings (SSSR count). The maximum atomic E-state index is 11.7. The minimum absolute atomic E-state index is 0.202.